The number of pyridine rings is 1. The number of hydrogen-bond acceptors (Lipinski definition) is 5. The smallest absolute Gasteiger partial charge is 0.266 e. The van der Waals surface area contributed by atoms with Crippen LogP contribution in [0, 0.1) is 6.92 Å². The molecule has 140 valence electrons. The number of carbonyl (C=O) groups excluding carboxylic acids is 1. The topological polar surface area (TPSA) is 46.1 Å². The molecular weight excluding hydrogens is 386 g/mol. The second kappa shape index (κ2) is 8.46. The summed E-state index contributed by atoms with van der Waals surface area (Å²) < 4.78 is 0. The zero-order valence-electron chi connectivity index (χ0n) is 15.4. The van der Waals surface area contributed by atoms with Gasteiger partial charge in [0.15, 0.2) is 0 Å². The van der Waals surface area contributed by atoms with Crippen molar-refractivity contribution >= 4 is 28.6 Å². The summed E-state index contributed by atoms with van der Waals surface area (Å²) in [6.45, 7) is 3.13. The minimum absolute atomic E-state index is 0.00703. The molecule has 4 rings (SSSR count). The van der Waals surface area contributed by atoms with Crippen LogP contribution in [0.25, 0.3) is 9.88 Å². The van der Waals surface area contributed by atoms with Crippen LogP contribution in [-0.2, 0) is 13.1 Å². The number of hydrogen-bond donors (Lipinski definition) is 0. The van der Waals surface area contributed by atoms with E-state index < -0.39 is 0 Å². The van der Waals surface area contributed by atoms with Gasteiger partial charge in [-0.3, -0.25) is 9.78 Å². The highest BCUT2D eigenvalue weighted by Crippen LogP contribution is 2.30. The summed E-state index contributed by atoms with van der Waals surface area (Å²) in [4.78, 5) is 25.6. The van der Waals surface area contributed by atoms with Crippen molar-refractivity contribution in [1.29, 1.82) is 0 Å². The van der Waals surface area contributed by atoms with Gasteiger partial charge in [-0.15, -0.1) is 22.7 Å². The number of amides is 1. The van der Waals surface area contributed by atoms with E-state index in [9.17, 15) is 4.79 Å². The molecular formula is C22H19N3OS2. The van der Waals surface area contributed by atoms with Gasteiger partial charge in [0.2, 0.25) is 0 Å². The lowest BCUT2D eigenvalue weighted by atomic mass is 10.1. The van der Waals surface area contributed by atoms with Crippen LogP contribution in [0.4, 0.5) is 0 Å². The molecule has 28 heavy (non-hydrogen) atoms. The fourth-order valence-electron chi connectivity index (χ4n) is 2.95. The van der Waals surface area contributed by atoms with Crippen molar-refractivity contribution in [3.63, 3.8) is 0 Å². The first-order valence-corrected chi connectivity index (χ1v) is 10.6. The minimum atomic E-state index is -0.00703. The van der Waals surface area contributed by atoms with Crippen molar-refractivity contribution < 1.29 is 4.79 Å². The maximum absolute atomic E-state index is 13.3. The van der Waals surface area contributed by atoms with Crippen molar-refractivity contribution in [1.82, 2.24) is 14.9 Å². The van der Waals surface area contributed by atoms with Gasteiger partial charge >= 0.3 is 0 Å². The van der Waals surface area contributed by atoms with Crippen LogP contribution >= 0.6 is 22.7 Å². The zero-order chi connectivity index (χ0) is 19.3. The summed E-state index contributed by atoms with van der Waals surface area (Å²) in [5.41, 5.74) is 3.32. The highest BCUT2D eigenvalue weighted by Gasteiger charge is 2.20. The molecule has 0 aliphatic heterocycles. The Labute approximate surface area is 172 Å². The Morgan fingerprint density at radius 1 is 1.04 bits per heavy atom. The molecule has 1 aromatic carbocycles. The predicted octanol–water partition coefficient (Wildman–Crippen LogP) is 5.42. The van der Waals surface area contributed by atoms with Gasteiger partial charge in [0.05, 0.1) is 11.1 Å². The third kappa shape index (κ3) is 4.18. The molecule has 0 atom stereocenters. The molecule has 0 bridgehead atoms. The molecule has 3 heterocycles. The Hall–Kier alpha value is -2.83. The molecule has 0 N–H and O–H groups in total. The maximum atomic E-state index is 13.3. The second-order valence-electron chi connectivity index (χ2n) is 6.46. The van der Waals surface area contributed by atoms with E-state index in [4.69, 9.17) is 0 Å². The van der Waals surface area contributed by atoms with Crippen molar-refractivity contribution in [2.75, 3.05) is 0 Å². The Morgan fingerprint density at radius 2 is 1.93 bits per heavy atom. The monoisotopic (exact) mass is 405 g/mol. The summed E-state index contributed by atoms with van der Waals surface area (Å²) in [6, 6.07) is 16.1. The molecule has 0 spiro atoms. The molecule has 0 aliphatic rings. The second-order valence-corrected chi connectivity index (χ2v) is 8.43. The highest BCUT2D eigenvalue weighted by atomic mass is 32.1. The third-order valence-electron chi connectivity index (χ3n) is 4.45. The SMILES string of the molecule is Cc1ccccc1CN(Cc1cccnc1)C(=O)c1cnc(-c2cccs2)s1. The van der Waals surface area contributed by atoms with Gasteiger partial charge < -0.3 is 4.90 Å². The summed E-state index contributed by atoms with van der Waals surface area (Å²) in [6.07, 6.45) is 5.24. The van der Waals surface area contributed by atoms with Crippen molar-refractivity contribution in [3.8, 4) is 9.88 Å². The zero-order valence-corrected chi connectivity index (χ0v) is 17.0. The maximum Gasteiger partial charge on any atom is 0.266 e. The molecule has 0 saturated carbocycles. The van der Waals surface area contributed by atoms with E-state index in [1.165, 1.54) is 16.9 Å². The molecule has 0 radical (unpaired) electrons. The summed E-state index contributed by atoms with van der Waals surface area (Å²) >= 11 is 3.08. The first-order valence-electron chi connectivity index (χ1n) is 8.93. The van der Waals surface area contributed by atoms with Gasteiger partial charge in [0.1, 0.15) is 9.88 Å². The van der Waals surface area contributed by atoms with E-state index in [0.29, 0.717) is 18.0 Å². The lowest BCUT2D eigenvalue weighted by molar-refractivity contribution is 0.0734. The number of thiophene rings is 1. The van der Waals surface area contributed by atoms with E-state index in [1.807, 2.05) is 52.9 Å². The molecule has 0 fully saturated rings. The van der Waals surface area contributed by atoms with E-state index in [1.54, 1.807) is 23.7 Å². The average molecular weight is 406 g/mol. The summed E-state index contributed by atoms with van der Waals surface area (Å²) in [5, 5.41) is 2.90. The van der Waals surface area contributed by atoms with Crippen LogP contribution < -0.4 is 0 Å². The van der Waals surface area contributed by atoms with Crippen molar-refractivity contribution in [2.24, 2.45) is 0 Å². The average Bonchev–Trinajstić information content (AvgIpc) is 3.41. The van der Waals surface area contributed by atoms with Gasteiger partial charge in [-0.1, -0.05) is 36.4 Å². The number of thiazole rings is 1. The first kappa shape index (κ1) is 18.5. The Balaban J connectivity index is 1.62. The van der Waals surface area contributed by atoms with Gasteiger partial charge in [0, 0.05) is 25.5 Å². The van der Waals surface area contributed by atoms with Gasteiger partial charge in [-0.2, -0.15) is 0 Å². The fourth-order valence-corrected chi connectivity index (χ4v) is 4.64. The van der Waals surface area contributed by atoms with Gasteiger partial charge in [-0.25, -0.2) is 4.98 Å². The van der Waals surface area contributed by atoms with Crippen molar-refractivity contribution in [2.45, 2.75) is 20.0 Å². The number of benzene rings is 1. The Kier molecular flexibility index (Phi) is 5.60. The number of nitrogens with zero attached hydrogens (tertiary/aromatic N) is 3. The molecule has 0 saturated heterocycles. The largest absolute Gasteiger partial charge is 0.329 e. The first-order chi connectivity index (χ1) is 13.7. The normalized spacial score (nSPS) is 10.8. The van der Waals surface area contributed by atoms with Gasteiger partial charge in [-0.05, 0) is 41.1 Å². The molecule has 0 unspecified atom stereocenters. The molecule has 4 nitrogen and oxygen atoms in total. The fraction of sp³-hybridized carbons (Fsp3) is 0.136. The molecule has 4 aromatic rings. The third-order valence-corrected chi connectivity index (χ3v) is 6.48. The minimum Gasteiger partial charge on any atom is -0.329 e. The van der Waals surface area contributed by atoms with E-state index >= 15 is 0 Å². The molecule has 6 heteroatoms. The quantitative estimate of drug-likeness (QED) is 0.430. The number of aryl methyl sites for hydroxylation is 1. The van der Waals surface area contributed by atoms with Crippen LogP contribution in [0.5, 0.6) is 0 Å². The van der Waals surface area contributed by atoms with Crippen LogP contribution in [0.1, 0.15) is 26.4 Å². The standard InChI is InChI=1S/C22H19N3OS2/c1-16-6-2-3-8-18(16)15-25(14-17-7-4-10-23-12-17)22(26)20-13-24-21(28-20)19-9-5-11-27-19/h2-13H,14-15H2,1H3. The summed E-state index contributed by atoms with van der Waals surface area (Å²) in [7, 11) is 0. The lowest BCUT2D eigenvalue weighted by Crippen LogP contribution is -2.30. The molecule has 3 aromatic heterocycles. The van der Waals surface area contributed by atoms with Crippen LogP contribution in [-0.4, -0.2) is 20.8 Å². The van der Waals surface area contributed by atoms with Crippen LogP contribution in [0.15, 0.2) is 72.5 Å². The molecule has 0 aliphatic carbocycles. The van der Waals surface area contributed by atoms with Crippen LogP contribution in [0.3, 0.4) is 0 Å². The van der Waals surface area contributed by atoms with Crippen LogP contribution in [0.2, 0.25) is 0 Å². The number of carbonyl (C=O) groups is 1. The highest BCUT2D eigenvalue weighted by molar-refractivity contribution is 7.21. The van der Waals surface area contributed by atoms with E-state index in [0.717, 1.165) is 21.0 Å². The Bertz CT molecular complexity index is 1060. The van der Waals surface area contributed by atoms with E-state index in [2.05, 4.69) is 29.0 Å². The summed E-state index contributed by atoms with van der Waals surface area (Å²) in [5.74, 6) is -0.00703. The number of rotatable bonds is 6. The number of aromatic nitrogens is 2. The molecule has 1 amide bonds. The lowest BCUT2D eigenvalue weighted by Gasteiger charge is -2.23. The van der Waals surface area contributed by atoms with Gasteiger partial charge in [0.25, 0.3) is 5.91 Å². The van der Waals surface area contributed by atoms with E-state index in [-0.39, 0.29) is 5.91 Å². The Morgan fingerprint density at radius 3 is 2.68 bits per heavy atom. The predicted molar refractivity (Wildman–Crippen MR) is 114 cm³/mol. The van der Waals surface area contributed by atoms with Crippen molar-refractivity contribution in [3.05, 3.63) is 94.1 Å².